The molecular formula is C40H24O2. The van der Waals surface area contributed by atoms with Crippen molar-refractivity contribution in [2.24, 2.45) is 0 Å². The highest BCUT2D eigenvalue weighted by Crippen LogP contribution is 2.50. The second kappa shape index (κ2) is 8.95. The Morgan fingerprint density at radius 1 is 0.357 bits per heavy atom. The van der Waals surface area contributed by atoms with Crippen LogP contribution in [-0.4, -0.2) is 0 Å². The van der Waals surface area contributed by atoms with Crippen molar-refractivity contribution in [1.82, 2.24) is 0 Å². The lowest BCUT2D eigenvalue weighted by Crippen LogP contribution is -1.91. The van der Waals surface area contributed by atoms with Gasteiger partial charge >= 0.3 is 0 Å². The zero-order valence-electron chi connectivity index (χ0n) is 44.8. The molecule has 0 unspecified atom stereocenters. The highest BCUT2D eigenvalue weighted by molar-refractivity contribution is 6.29. The van der Waals surface area contributed by atoms with Crippen molar-refractivity contribution in [3.63, 3.8) is 0 Å². The third-order valence-electron chi connectivity index (χ3n) is 6.83. The van der Waals surface area contributed by atoms with Gasteiger partial charge in [0, 0.05) is 33.3 Å². The highest BCUT2D eigenvalue weighted by Gasteiger charge is 2.24. The second-order valence-electron chi connectivity index (χ2n) is 9.02. The predicted octanol–water partition coefficient (Wildman–Crippen LogP) is 11.6. The van der Waals surface area contributed by atoms with Crippen molar-refractivity contribution in [3.8, 4) is 33.6 Å². The number of furan rings is 2. The van der Waals surface area contributed by atoms with Gasteiger partial charge < -0.3 is 8.83 Å². The summed E-state index contributed by atoms with van der Waals surface area (Å²) in [5.41, 5.74) is -5.09. The summed E-state index contributed by atoms with van der Waals surface area (Å²) in [7, 11) is 0. The first-order chi connectivity index (χ1) is 30.8. The second-order valence-corrected chi connectivity index (χ2v) is 9.02. The Morgan fingerprint density at radius 3 is 1.52 bits per heavy atom. The summed E-state index contributed by atoms with van der Waals surface area (Å²) in [4.78, 5) is 0. The van der Waals surface area contributed by atoms with Crippen LogP contribution in [0.25, 0.3) is 88.0 Å². The van der Waals surface area contributed by atoms with Gasteiger partial charge in [-0.05, 0) is 50.3 Å². The van der Waals surface area contributed by atoms with Gasteiger partial charge in [-0.2, -0.15) is 0 Å². The fourth-order valence-electron chi connectivity index (χ4n) is 5.21. The predicted molar refractivity (Wildman–Crippen MR) is 175 cm³/mol. The molecule has 0 atom stereocenters. The standard InChI is InChI=1S/C40H24O2/c1-3-13-25(14-4-1)34-23-32-35(42-34)24-36-39(31-21-11-12-22-33(31)41-36)40(32)38-29-19-9-7-17-27(29)37(26-15-5-2-6-16-26)28-18-8-10-20-30(28)38/h1-24H/i1D,2D,3D,4D,5D,6D,7D,8D,9D,10D,11D,12D,13D,14D,15D,16D,17D,18D,19D,20D,21D,22D,23D,24D. The Morgan fingerprint density at radius 2 is 0.881 bits per heavy atom. The summed E-state index contributed by atoms with van der Waals surface area (Å²) in [6.07, 6.45) is 0. The number of para-hydroxylation sites is 1. The van der Waals surface area contributed by atoms with Gasteiger partial charge in [-0.1, -0.05) is 127 Å². The maximum atomic E-state index is 9.70. The monoisotopic (exact) mass is 560 g/mol. The zero-order chi connectivity index (χ0) is 48.5. The Kier molecular flexibility index (Phi) is 2.08. The maximum absolute atomic E-state index is 9.70. The van der Waals surface area contributed by atoms with E-state index in [0.29, 0.717) is 0 Å². The lowest BCUT2D eigenvalue weighted by atomic mass is 9.84. The largest absolute Gasteiger partial charge is 0.456 e. The van der Waals surface area contributed by atoms with Crippen molar-refractivity contribution >= 4 is 54.5 Å². The van der Waals surface area contributed by atoms with Crippen LogP contribution in [0.15, 0.2) is 154 Å². The van der Waals surface area contributed by atoms with Crippen LogP contribution in [0, 0.1) is 0 Å². The Labute approximate surface area is 275 Å². The molecule has 0 saturated heterocycles. The normalized spacial score (nSPS) is 19.8. The average Bonchev–Trinajstić information content (AvgIpc) is 3.86. The van der Waals surface area contributed by atoms with Gasteiger partial charge in [0.25, 0.3) is 0 Å². The molecule has 0 N–H and O–H groups in total. The van der Waals surface area contributed by atoms with Crippen LogP contribution in [0.1, 0.15) is 32.9 Å². The van der Waals surface area contributed by atoms with Crippen molar-refractivity contribution in [2.75, 3.05) is 0 Å². The first kappa shape index (κ1) is 9.75. The molecule has 0 aliphatic heterocycles. The molecule has 7 aromatic carbocycles. The van der Waals surface area contributed by atoms with E-state index in [2.05, 4.69) is 0 Å². The van der Waals surface area contributed by atoms with Gasteiger partial charge in [0.05, 0.1) is 32.9 Å². The Bertz CT molecular complexity index is 3670. The van der Waals surface area contributed by atoms with E-state index in [-0.39, 0.29) is 0 Å². The molecule has 9 aromatic rings. The third kappa shape index (κ3) is 3.33. The number of hydrogen-bond donors (Lipinski definition) is 0. The molecule has 2 nitrogen and oxygen atoms in total. The van der Waals surface area contributed by atoms with Crippen molar-refractivity contribution in [3.05, 3.63) is 145 Å². The molecule has 0 aliphatic carbocycles. The lowest BCUT2D eigenvalue weighted by molar-refractivity contribution is 0.628. The van der Waals surface area contributed by atoms with Crippen molar-refractivity contribution < 1.29 is 41.7 Å². The SMILES string of the molecule is [2H]c1c([2H])c([2H])c(-c2oc3c([2H])c4oc5c([2H])c([2H])c([2H])c([2H])c5c4c(-c4c5c([2H])c([2H])c([2H])c([2H])c5c(-c5c([2H])c([2H])c([2H])c([2H])c5[2H])c5c([2H])c([2H])c([2H])c([2H])c45)c3c2[2H])c([2H])c1[2H]. The van der Waals surface area contributed by atoms with E-state index in [1.54, 1.807) is 0 Å². The summed E-state index contributed by atoms with van der Waals surface area (Å²) < 4.78 is 225. The Balaban J connectivity index is 1.72. The zero-order valence-corrected chi connectivity index (χ0v) is 20.8. The van der Waals surface area contributed by atoms with Gasteiger partial charge in [-0.25, -0.2) is 0 Å². The van der Waals surface area contributed by atoms with Crippen LogP contribution in [0.2, 0.25) is 0 Å². The first-order valence-electron chi connectivity index (χ1n) is 24.3. The van der Waals surface area contributed by atoms with Crippen LogP contribution in [-0.2, 0) is 0 Å². The minimum Gasteiger partial charge on any atom is -0.456 e. The van der Waals surface area contributed by atoms with E-state index < -0.39 is 233 Å². The van der Waals surface area contributed by atoms with Crippen molar-refractivity contribution in [2.45, 2.75) is 0 Å². The van der Waals surface area contributed by atoms with Crippen LogP contribution in [0.3, 0.4) is 0 Å². The third-order valence-corrected chi connectivity index (χ3v) is 6.83. The number of hydrogen-bond acceptors (Lipinski definition) is 2. The van der Waals surface area contributed by atoms with Gasteiger partial charge in [0.1, 0.15) is 22.5 Å². The quantitative estimate of drug-likeness (QED) is 0.201. The minimum atomic E-state index is -0.956. The molecule has 0 fully saturated rings. The fourth-order valence-corrected chi connectivity index (χ4v) is 5.21. The molecule has 0 saturated carbocycles. The average molecular weight is 561 g/mol. The number of fused-ring (bicyclic) bond motifs is 6. The van der Waals surface area contributed by atoms with E-state index in [1.165, 1.54) is 0 Å². The minimum absolute atomic E-state index is 0.477. The molecule has 196 valence electrons. The number of rotatable bonds is 3. The summed E-state index contributed by atoms with van der Waals surface area (Å²) >= 11 is 0. The van der Waals surface area contributed by atoms with E-state index in [4.69, 9.17) is 33.5 Å². The molecule has 2 heteroatoms. The molecule has 9 rings (SSSR count). The maximum Gasteiger partial charge on any atom is 0.139 e. The smallest absolute Gasteiger partial charge is 0.139 e. The van der Waals surface area contributed by atoms with Gasteiger partial charge in [0.2, 0.25) is 0 Å². The fraction of sp³-hybridized carbons (Fsp3) is 0. The molecule has 0 spiro atoms. The van der Waals surface area contributed by atoms with Crippen LogP contribution in [0.5, 0.6) is 0 Å². The van der Waals surface area contributed by atoms with Crippen LogP contribution < -0.4 is 0 Å². The van der Waals surface area contributed by atoms with Crippen molar-refractivity contribution in [1.29, 1.82) is 0 Å². The van der Waals surface area contributed by atoms with Crippen LogP contribution in [0.4, 0.5) is 0 Å². The Hall–Kier alpha value is -5.60. The topological polar surface area (TPSA) is 26.3 Å². The molecule has 2 heterocycles. The van der Waals surface area contributed by atoms with Gasteiger partial charge in [-0.15, -0.1) is 0 Å². The number of benzene rings is 7. The molecule has 0 radical (unpaired) electrons. The van der Waals surface area contributed by atoms with E-state index in [1.807, 2.05) is 0 Å². The molecule has 42 heavy (non-hydrogen) atoms. The van der Waals surface area contributed by atoms with E-state index in [9.17, 15) is 8.22 Å². The summed E-state index contributed by atoms with van der Waals surface area (Å²) in [6.45, 7) is 0. The molecule has 0 aliphatic rings. The summed E-state index contributed by atoms with van der Waals surface area (Å²) in [5, 5.41) is -4.21. The van der Waals surface area contributed by atoms with Gasteiger partial charge in [0.15, 0.2) is 0 Å². The molecular weight excluding hydrogens is 512 g/mol. The molecule has 2 aromatic heterocycles. The summed E-state index contributed by atoms with van der Waals surface area (Å²) in [6, 6.07) is -21.1. The van der Waals surface area contributed by atoms with E-state index >= 15 is 0 Å². The van der Waals surface area contributed by atoms with E-state index in [0.717, 1.165) is 0 Å². The highest BCUT2D eigenvalue weighted by atomic mass is 16.3. The molecule has 0 bridgehead atoms. The van der Waals surface area contributed by atoms with Crippen LogP contribution >= 0.6 is 0 Å². The summed E-state index contributed by atoms with van der Waals surface area (Å²) in [5.74, 6) is -0.747. The lowest BCUT2D eigenvalue weighted by Gasteiger charge is -2.18. The molecule has 0 amide bonds. The van der Waals surface area contributed by atoms with Gasteiger partial charge in [-0.3, -0.25) is 0 Å². The first-order valence-corrected chi connectivity index (χ1v) is 12.3.